The van der Waals surface area contributed by atoms with Crippen LogP contribution < -0.4 is 11.1 Å². The Morgan fingerprint density at radius 2 is 1.89 bits per heavy atom. The molecule has 0 aromatic carbocycles. The maximum Gasteiger partial charge on any atom is 0.322 e. The first-order valence-electron chi connectivity index (χ1n) is 6.61. The summed E-state index contributed by atoms with van der Waals surface area (Å²) in [4.78, 5) is 22.8. The van der Waals surface area contributed by atoms with E-state index >= 15 is 0 Å². The van der Waals surface area contributed by atoms with Crippen LogP contribution in [-0.4, -0.2) is 42.6 Å². The highest BCUT2D eigenvalue weighted by atomic mass is 32.2. The van der Waals surface area contributed by atoms with Crippen molar-refractivity contribution in [2.45, 2.75) is 44.9 Å². The third-order valence-corrected chi connectivity index (χ3v) is 3.88. The number of methoxy groups -OCH3 is 1. The van der Waals surface area contributed by atoms with Crippen LogP contribution in [0.15, 0.2) is 0 Å². The van der Waals surface area contributed by atoms with Gasteiger partial charge in [0.2, 0.25) is 5.91 Å². The van der Waals surface area contributed by atoms with Crippen molar-refractivity contribution >= 4 is 23.6 Å². The molecule has 112 valence electrons. The van der Waals surface area contributed by atoms with E-state index in [1.165, 1.54) is 18.9 Å². The molecule has 5 nitrogen and oxygen atoms in total. The molecule has 0 heterocycles. The molecule has 0 rings (SSSR count). The van der Waals surface area contributed by atoms with Gasteiger partial charge in [0, 0.05) is 6.54 Å². The first-order chi connectivity index (χ1) is 8.88. The molecule has 0 radical (unpaired) electrons. The quantitative estimate of drug-likeness (QED) is 0.623. The van der Waals surface area contributed by atoms with Gasteiger partial charge in [-0.3, -0.25) is 9.59 Å². The fraction of sp³-hybridized carbons (Fsp3) is 0.846. The van der Waals surface area contributed by atoms with Crippen molar-refractivity contribution in [2.75, 3.05) is 19.4 Å². The summed E-state index contributed by atoms with van der Waals surface area (Å²) in [6.07, 6.45) is 1.50. The van der Waals surface area contributed by atoms with Gasteiger partial charge in [0.1, 0.15) is 6.04 Å². The first kappa shape index (κ1) is 18.2. The lowest BCUT2D eigenvalue weighted by Crippen LogP contribution is -2.34. The van der Waals surface area contributed by atoms with Crippen LogP contribution in [0.25, 0.3) is 0 Å². The molecule has 0 aromatic rings. The second kappa shape index (κ2) is 10.1. The van der Waals surface area contributed by atoms with Crippen LogP contribution >= 0.6 is 11.8 Å². The Labute approximate surface area is 120 Å². The zero-order valence-electron chi connectivity index (χ0n) is 12.3. The maximum absolute atomic E-state index is 11.7. The minimum atomic E-state index is -0.603. The maximum atomic E-state index is 11.7. The lowest BCUT2D eigenvalue weighted by atomic mass is 10.1. The van der Waals surface area contributed by atoms with Gasteiger partial charge >= 0.3 is 5.97 Å². The number of nitrogens with one attached hydrogen (secondary N) is 1. The van der Waals surface area contributed by atoms with E-state index in [0.29, 0.717) is 24.6 Å². The summed E-state index contributed by atoms with van der Waals surface area (Å²) in [5.41, 5.74) is 5.62. The molecular weight excluding hydrogens is 264 g/mol. The van der Waals surface area contributed by atoms with Crippen molar-refractivity contribution in [3.05, 3.63) is 0 Å². The topological polar surface area (TPSA) is 81.4 Å². The number of thioether (sulfide) groups is 1. The third kappa shape index (κ3) is 8.88. The molecule has 0 spiro atoms. The molecule has 0 saturated heterocycles. The second-order valence-electron chi connectivity index (χ2n) is 4.90. The van der Waals surface area contributed by atoms with Crippen molar-refractivity contribution < 1.29 is 14.3 Å². The van der Waals surface area contributed by atoms with Crippen molar-refractivity contribution in [1.29, 1.82) is 0 Å². The second-order valence-corrected chi connectivity index (χ2v) is 6.35. The molecule has 0 bridgehead atoms. The Morgan fingerprint density at radius 3 is 2.42 bits per heavy atom. The Balaban J connectivity index is 3.76. The van der Waals surface area contributed by atoms with E-state index in [4.69, 9.17) is 5.73 Å². The number of hydrogen-bond acceptors (Lipinski definition) is 5. The van der Waals surface area contributed by atoms with E-state index in [2.05, 4.69) is 23.9 Å². The molecular formula is C13H26N2O3S. The summed E-state index contributed by atoms with van der Waals surface area (Å²) in [5.74, 6) is 0.878. The summed E-state index contributed by atoms with van der Waals surface area (Å²) < 4.78 is 4.54. The molecule has 6 heteroatoms. The average molecular weight is 290 g/mol. The van der Waals surface area contributed by atoms with E-state index in [1.54, 1.807) is 0 Å². The molecule has 1 amide bonds. The Hall–Kier alpha value is -0.750. The lowest BCUT2D eigenvalue weighted by molar-refractivity contribution is -0.142. The standard InChI is InChI=1S/C13H26N2O3S/c1-9(2)5-7-15-12(16)10(3)19-8-6-11(14)13(17)18-4/h9-11H,5-8,14H2,1-4H3,(H,15,16). The number of amides is 1. The van der Waals surface area contributed by atoms with Crippen molar-refractivity contribution in [1.82, 2.24) is 5.32 Å². The summed E-state index contributed by atoms with van der Waals surface area (Å²) in [6.45, 7) is 6.82. The minimum Gasteiger partial charge on any atom is -0.468 e. The van der Waals surface area contributed by atoms with Crippen LogP contribution in [0, 0.1) is 5.92 Å². The molecule has 0 saturated carbocycles. The van der Waals surface area contributed by atoms with E-state index in [0.717, 1.165) is 6.42 Å². The number of rotatable bonds is 9. The van der Waals surface area contributed by atoms with Crippen LogP contribution in [0.1, 0.15) is 33.6 Å². The molecule has 19 heavy (non-hydrogen) atoms. The van der Waals surface area contributed by atoms with Crippen LogP contribution in [-0.2, 0) is 14.3 Å². The van der Waals surface area contributed by atoms with Crippen LogP contribution in [0.2, 0.25) is 0 Å². The Morgan fingerprint density at radius 1 is 1.26 bits per heavy atom. The van der Waals surface area contributed by atoms with Gasteiger partial charge < -0.3 is 15.8 Å². The molecule has 0 aliphatic heterocycles. The van der Waals surface area contributed by atoms with Gasteiger partial charge in [-0.1, -0.05) is 13.8 Å². The van der Waals surface area contributed by atoms with Crippen molar-refractivity contribution in [3.63, 3.8) is 0 Å². The van der Waals surface area contributed by atoms with E-state index in [1.807, 2.05) is 6.92 Å². The highest BCUT2D eigenvalue weighted by molar-refractivity contribution is 8.00. The average Bonchev–Trinajstić information content (AvgIpc) is 2.36. The number of nitrogens with two attached hydrogens (primary N) is 1. The summed E-state index contributed by atoms with van der Waals surface area (Å²) in [5, 5.41) is 2.78. The van der Waals surface area contributed by atoms with Crippen LogP contribution in [0.3, 0.4) is 0 Å². The fourth-order valence-electron chi connectivity index (χ4n) is 1.34. The fourth-order valence-corrected chi connectivity index (χ4v) is 2.32. The SMILES string of the molecule is COC(=O)C(N)CCSC(C)C(=O)NCCC(C)C. The minimum absolute atomic E-state index is 0.0392. The number of ether oxygens (including phenoxy) is 1. The molecule has 3 N–H and O–H groups in total. The van der Waals surface area contributed by atoms with E-state index in [-0.39, 0.29) is 11.2 Å². The van der Waals surface area contributed by atoms with Gasteiger partial charge in [0.15, 0.2) is 0 Å². The van der Waals surface area contributed by atoms with Crippen molar-refractivity contribution in [2.24, 2.45) is 11.7 Å². The van der Waals surface area contributed by atoms with Gasteiger partial charge in [0.05, 0.1) is 12.4 Å². The van der Waals surface area contributed by atoms with Gasteiger partial charge in [-0.2, -0.15) is 0 Å². The third-order valence-electron chi connectivity index (χ3n) is 2.69. The molecule has 2 unspecified atom stereocenters. The van der Waals surface area contributed by atoms with Gasteiger partial charge in [0.25, 0.3) is 0 Å². The molecule has 0 aromatic heterocycles. The highest BCUT2D eigenvalue weighted by Gasteiger charge is 2.16. The zero-order chi connectivity index (χ0) is 14.8. The Kier molecular flexibility index (Phi) is 9.69. The van der Waals surface area contributed by atoms with Crippen molar-refractivity contribution in [3.8, 4) is 0 Å². The van der Waals surface area contributed by atoms with Gasteiger partial charge in [-0.05, 0) is 31.4 Å². The summed E-state index contributed by atoms with van der Waals surface area (Å²) >= 11 is 1.50. The van der Waals surface area contributed by atoms with Gasteiger partial charge in [-0.15, -0.1) is 11.8 Å². The van der Waals surface area contributed by atoms with E-state index in [9.17, 15) is 9.59 Å². The predicted octanol–water partition coefficient (Wildman–Crippen LogP) is 1.16. The number of esters is 1. The monoisotopic (exact) mass is 290 g/mol. The van der Waals surface area contributed by atoms with Crippen LogP contribution in [0.5, 0.6) is 0 Å². The molecule has 0 aliphatic carbocycles. The summed E-state index contributed by atoms with van der Waals surface area (Å²) in [7, 11) is 1.32. The molecule has 0 fully saturated rings. The molecule has 0 aliphatic rings. The number of carbonyl (C=O) groups is 2. The lowest BCUT2D eigenvalue weighted by Gasteiger charge is -2.14. The highest BCUT2D eigenvalue weighted by Crippen LogP contribution is 2.13. The summed E-state index contributed by atoms with van der Waals surface area (Å²) in [6, 6.07) is -0.603. The van der Waals surface area contributed by atoms with E-state index < -0.39 is 12.0 Å². The molecule has 2 atom stereocenters. The smallest absolute Gasteiger partial charge is 0.322 e. The van der Waals surface area contributed by atoms with Gasteiger partial charge in [-0.25, -0.2) is 0 Å². The first-order valence-corrected chi connectivity index (χ1v) is 7.66. The Bertz CT molecular complexity index is 285. The number of hydrogen-bond donors (Lipinski definition) is 2. The predicted molar refractivity (Wildman–Crippen MR) is 79.0 cm³/mol. The zero-order valence-corrected chi connectivity index (χ0v) is 13.1. The van der Waals surface area contributed by atoms with Crippen LogP contribution in [0.4, 0.5) is 0 Å². The largest absolute Gasteiger partial charge is 0.468 e. The number of carbonyl (C=O) groups excluding carboxylic acids is 2. The normalized spacial score (nSPS) is 14.0.